The van der Waals surface area contributed by atoms with Crippen LogP contribution >= 0.6 is 0 Å². The molecule has 0 bridgehead atoms. The SMILES string of the molecule is Cc1cc(C)cc(OCCNCCN)c1. The number of ether oxygens (including phenoxy) is 1. The summed E-state index contributed by atoms with van der Waals surface area (Å²) in [5.74, 6) is 0.946. The van der Waals surface area contributed by atoms with E-state index in [2.05, 4.69) is 37.4 Å². The summed E-state index contributed by atoms with van der Waals surface area (Å²) in [6.07, 6.45) is 0. The highest BCUT2D eigenvalue weighted by Gasteiger charge is 1.96. The molecular formula is C12H20N2O. The summed E-state index contributed by atoms with van der Waals surface area (Å²) in [6, 6.07) is 6.24. The summed E-state index contributed by atoms with van der Waals surface area (Å²) in [5, 5.41) is 3.18. The van der Waals surface area contributed by atoms with Gasteiger partial charge in [-0.3, -0.25) is 0 Å². The van der Waals surface area contributed by atoms with Gasteiger partial charge < -0.3 is 15.8 Å². The first kappa shape index (κ1) is 12.0. The van der Waals surface area contributed by atoms with E-state index in [1.807, 2.05) is 0 Å². The lowest BCUT2D eigenvalue weighted by Crippen LogP contribution is -2.26. The molecule has 0 amide bonds. The normalized spacial score (nSPS) is 10.3. The molecule has 0 aromatic heterocycles. The highest BCUT2D eigenvalue weighted by Crippen LogP contribution is 2.15. The van der Waals surface area contributed by atoms with Crippen LogP contribution in [0.5, 0.6) is 5.75 Å². The molecule has 0 radical (unpaired) electrons. The Morgan fingerprint density at radius 2 is 1.80 bits per heavy atom. The van der Waals surface area contributed by atoms with Gasteiger partial charge in [-0.2, -0.15) is 0 Å². The van der Waals surface area contributed by atoms with Crippen LogP contribution in [0.2, 0.25) is 0 Å². The molecule has 0 aliphatic rings. The summed E-state index contributed by atoms with van der Waals surface area (Å²) in [5.41, 5.74) is 7.83. The second-order valence-electron chi connectivity index (χ2n) is 3.71. The monoisotopic (exact) mass is 208 g/mol. The van der Waals surface area contributed by atoms with Crippen molar-refractivity contribution >= 4 is 0 Å². The summed E-state index contributed by atoms with van der Waals surface area (Å²) in [6.45, 7) is 7.19. The molecular weight excluding hydrogens is 188 g/mol. The maximum Gasteiger partial charge on any atom is 0.119 e. The Hall–Kier alpha value is -1.06. The van der Waals surface area contributed by atoms with Crippen LogP contribution in [0.25, 0.3) is 0 Å². The Kier molecular flexibility index (Phi) is 5.15. The van der Waals surface area contributed by atoms with Crippen molar-refractivity contribution < 1.29 is 4.74 Å². The van der Waals surface area contributed by atoms with Crippen LogP contribution in [0.15, 0.2) is 18.2 Å². The average molecular weight is 208 g/mol. The first-order chi connectivity index (χ1) is 7.22. The zero-order valence-corrected chi connectivity index (χ0v) is 9.55. The number of rotatable bonds is 6. The number of nitrogens with two attached hydrogens (primary N) is 1. The maximum absolute atomic E-state index is 5.61. The highest BCUT2D eigenvalue weighted by molar-refractivity contribution is 5.32. The van der Waals surface area contributed by atoms with Crippen molar-refractivity contribution in [3.63, 3.8) is 0 Å². The molecule has 0 heterocycles. The van der Waals surface area contributed by atoms with Crippen molar-refractivity contribution in [1.29, 1.82) is 0 Å². The van der Waals surface area contributed by atoms with Crippen LogP contribution in [0, 0.1) is 13.8 Å². The second kappa shape index (κ2) is 6.43. The molecule has 0 saturated carbocycles. The molecule has 0 unspecified atom stereocenters. The number of benzene rings is 1. The van der Waals surface area contributed by atoms with Gasteiger partial charge in [-0.1, -0.05) is 6.07 Å². The van der Waals surface area contributed by atoms with Crippen LogP contribution in [-0.4, -0.2) is 26.2 Å². The predicted octanol–water partition coefficient (Wildman–Crippen LogP) is 1.23. The van der Waals surface area contributed by atoms with Crippen molar-refractivity contribution in [2.45, 2.75) is 13.8 Å². The van der Waals surface area contributed by atoms with Gasteiger partial charge in [-0.05, 0) is 37.1 Å². The van der Waals surface area contributed by atoms with E-state index in [0.29, 0.717) is 13.2 Å². The molecule has 1 aromatic carbocycles. The zero-order chi connectivity index (χ0) is 11.1. The van der Waals surface area contributed by atoms with Crippen molar-refractivity contribution in [3.8, 4) is 5.75 Å². The first-order valence-electron chi connectivity index (χ1n) is 5.34. The van der Waals surface area contributed by atoms with Gasteiger partial charge in [0.25, 0.3) is 0 Å². The molecule has 0 aliphatic heterocycles. The van der Waals surface area contributed by atoms with Crippen LogP contribution < -0.4 is 15.8 Å². The quantitative estimate of drug-likeness (QED) is 0.691. The molecule has 0 aliphatic carbocycles. The molecule has 84 valence electrons. The van der Waals surface area contributed by atoms with E-state index >= 15 is 0 Å². The minimum absolute atomic E-state index is 0.670. The second-order valence-corrected chi connectivity index (χ2v) is 3.71. The lowest BCUT2D eigenvalue weighted by atomic mass is 10.1. The Balaban J connectivity index is 2.31. The van der Waals surface area contributed by atoms with Gasteiger partial charge in [0.2, 0.25) is 0 Å². The summed E-state index contributed by atoms with van der Waals surface area (Å²) in [4.78, 5) is 0. The van der Waals surface area contributed by atoms with Gasteiger partial charge >= 0.3 is 0 Å². The largest absolute Gasteiger partial charge is 0.492 e. The summed E-state index contributed by atoms with van der Waals surface area (Å²) >= 11 is 0. The fourth-order valence-corrected chi connectivity index (χ4v) is 1.48. The average Bonchev–Trinajstić information content (AvgIpc) is 2.16. The van der Waals surface area contributed by atoms with Crippen molar-refractivity contribution in [2.24, 2.45) is 5.73 Å². The topological polar surface area (TPSA) is 47.3 Å². The van der Waals surface area contributed by atoms with Crippen molar-refractivity contribution in [3.05, 3.63) is 29.3 Å². The minimum atomic E-state index is 0.670. The fourth-order valence-electron chi connectivity index (χ4n) is 1.48. The molecule has 0 spiro atoms. The summed E-state index contributed by atoms with van der Waals surface area (Å²) in [7, 11) is 0. The molecule has 1 aromatic rings. The van der Waals surface area contributed by atoms with Crippen LogP contribution in [0.4, 0.5) is 0 Å². The third kappa shape index (κ3) is 4.81. The molecule has 0 atom stereocenters. The van der Waals surface area contributed by atoms with E-state index in [1.54, 1.807) is 0 Å². The van der Waals surface area contributed by atoms with E-state index < -0.39 is 0 Å². The lowest BCUT2D eigenvalue weighted by Gasteiger charge is -2.08. The van der Waals surface area contributed by atoms with Crippen molar-refractivity contribution in [1.82, 2.24) is 5.32 Å². The Labute approximate surface area is 91.6 Å². The number of nitrogens with one attached hydrogen (secondary N) is 1. The number of aryl methyl sites for hydroxylation is 2. The molecule has 3 heteroatoms. The number of hydrogen-bond acceptors (Lipinski definition) is 3. The van der Waals surface area contributed by atoms with E-state index in [-0.39, 0.29) is 0 Å². The van der Waals surface area contributed by atoms with Crippen LogP contribution in [0.3, 0.4) is 0 Å². The molecule has 0 fully saturated rings. The van der Waals surface area contributed by atoms with E-state index in [4.69, 9.17) is 10.5 Å². The zero-order valence-electron chi connectivity index (χ0n) is 9.55. The third-order valence-electron chi connectivity index (χ3n) is 2.06. The molecule has 15 heavy (non-hydrogen) atoms. The number of hydrogen-bond donors (Lipinski definition) is 2. The Morgan fingerprint density at radius 1 is 1.13 bits per heavy atom. The molecule has 3 nitrogen and oxygen atoms in total. The third-order valence-corrected chi connectivity index (χ3v) is 2.06. The van der Waals surface area contributed by atoms with Gasteiger partial charge in [0.1, 0.15) is 12.4 Å². The Bertz CT molecular complexity index is 279. The van der Waals surface area contributed by atoms with Gasteiger partial charge in [0.15, 0.2) is 0 Å². The predicted molar refractivity (Wildman–Crippen MR) is 63.3 cm³/mol. The standard InChI is InChI=1S/C12H20N2O/c1-10-7-11(2)9-12(8-10)15-6-5-14-4-3-13/h7-9,14H,3-6,13H2,1-2H3. The highest BCUT2D eigenvalue weighted by atomic mass is 16.5. The van der Waals surface area contributed by atoms with E-state index in [1.165, 1.54) is 11.1 Å². The maximum atomic E-state index is 5.61. The lowest BCUT2D eigenvalue weighted by molar-refractivity contribution is 0.314. The van der Waals surface area contributed by atoms with Gasteiger partial charge in [0.05, 0.1) is 0 Å². The molecule has 1 rings (SSSR count). The van der Waals surface area contributed by atoms with E-state index in [9.17, 15) is 0 Å². The minimum Gasteiger partial charge on any atom is -0.492 e. The Morgan fingerprint density at radius 3 is 2.40 bits per heavy atom. The van der Waals surface area contributed by atoms with Crippen molar-refractivity contribution in [2.75, 3.05) is 26.2 Å². The van der Waals surface area contributed by atoms with E-state index in [0.717, 1.165) is 18.8 Å². The van der Waals surface area contributed by atoms with Gasteiger partial charge in [-0.25, -0.2) is 0 Å². The fraction of sp³-hybridized carbons (Fsp3) is 0.500. The van der Waals surface area contributed by atoms with Gasteiger partial charge in [-0.15, -0.1) is 0 Å². The van der Waals surface area contributed by atoms with Gasteiger partial charge in [0, 0.05) is 19.6 Å². The van der Waals surface area contributed by atoms with Crippen LogP contribution in [0.1, 0.15) is 11.1 Å². The molecule has 0 saturated heterocycles. The summed E-state index contributed by atoms with van der Waals surface area (Å²) < 4.78 is 5.61. The van der Waals surface area contributed by atoms with Crippen LogP contribution in [-0.2, 0) is 0 Å². The smallest absolute Gasteiger partial charge is 0.119 e. The first-order valence-corrected chi connectivity index (χ1v) is 5.34. The molecule has 3 N–H and O–H groups in total.